The molecule has 1 amide bonds. The van der Waals surface area contributed by atoms with Crippen molar-refractivity contribution in [2.75, 3.05) is 11.1 Å². The number of hydrogen-bond donors (Lipinski definition) is 1. The van der Waals surface area contributed by atoms with Crippen molar-refractivity contribution >= 4 is 23.4 Å². The number of amides is 1. The third-order valence-electron chi connectivity index (χ3n) is 5.52. The first kappa shape index (κ1) is 17.8. The van der Waals surface area contributed by atoms with E-state index in [9.17, 15) is 4.79 Å². The smallest absolute Gasteiger partial charge is 0.251 e. The highest BCUT2D eigenvalue weighted by Gasteiger charge is 2.44. The largest absolute Gasteiger partial charge is 0.448 e. The van der Waals surface area contributed by atoms with Gasteiger partial charge in [-0.2, -0.15) is 0 Å². The molecule has 28 heavy (non-hydrogen) atoms. The Bertz CT molecular complexity index is 903. The van der Waals surface area contributed by atoms with Gasteiger partial charge >= 0.3 is 0 Å². The van der Waals surface area contributed by atoms with E-state index in [1.807, 2.05) is 18.2 Å². The fourth-order valence-electron chi connectivity index (χ4n) is 3.96. The first-order valence-corrected chi connectivity index (χ1v) is 11.0. The molecule has 148 valence electrons. The molecular weight excluding hydrogens is 376 g/mol. The van der Waals surface area contributed by atoms with Gasteiger partial charge in [0.25, 0.3) is 5.79 Å². The Labute approximate surface area is 168 Å². The maximum Gasteiger partial charge on any atom is 0.251 e. The summed E-state index contributed by atoms with van der Waals surface area (Å²) in [4.78, 5) is 12.4. The summed E-state index contributed by atoms with van der Waals surface area (Å²) in [6.45, 7) is 2.91. The van der Waals surface area contributed by atoms with Crippen LogP contribution in [0.3, 0.4) is 0 Å². The maximum atomic E-state index is 12.4. The molecule has 2 heterocycles. The van der Waals surface area contributed by atoms with Gasteiger partial charge in [-0.3, -0.25) is 4.79 Å². The van der Waals surface area contributed by atoms with Crippen molar-refractivity contribution in [2.45, 2.75) is 68.9 Å². The second-order valence-electron chi connectivity index (χ2n) is 7.68. The van der Waals surface area contributed by atoms with E-state index in [4.69, 9.17) is 9.47 Å². The molecule has 0 atom stereocenters. The monoisotopic (exact) mass is 400 g/mol. The minimum absolute atomic E-state index is 0.0712. The van der Waals surface area contributed by atoms with E-state index in [1.165, 1.54) is 24.6 Å². The second-order valence-corrected chi connectivity index (χ2v) is 8.62. The van der Waals surface area contributed by atoms with Crippen molar-refractivity contribution in [3.63, 3.8) is 0 Å². The molecule has 3 aliphatic rings. The Kier molecular flexibility index (Phi) is 4.45. The van der Waals surface area contributed by atoms with Crippen LogP contribution in [0.15, 0.2) is 23.4 Å². The van der Waals surface area contributed by atoms with Crippen LogP contribution in [0.5, 0.6) is 11.5 Å². The van der Waals surface area contributed by atoms with Crippen LogP contribution in [0.4, 0.5) is 5.69 Å². The zero-order valence-corrected chi connectivity index (χ0v) is 16.8. The molecule has 0 unspecified atom stereocenters. The molecule has 0 radical (unpaired) electrons. The Morgan fingerprint density at radius 1 is 1.25 bits per heavy atom. The van der Waals surface area contributed by atoms with E-state index >= 15 is 0 Å². The van der Waals surface area contributed by atoms with Crippen LogP contribution in [-0.4, -0.2) is 32.2 Å². The molecule has 1 spiro atoms. The van der Waals surface area contributed by atoms with Gasteiger partial charge in [0.2, 0.25) is 5.91 Å². The lowest BCUT2D eigenvalue weighted by Crippen LogP contribution is -2.34. The Hall–Kier alpha value is -2.22. The molecule has 7 nitrogen and oxygen atoms in total. The van der Waals surface area contributed by atoms with Crippen molar-refractivity contribution < 1.29 is 14.3 Å². The summed E-state index contributed by atoms with van der Waals surface area (Å²) in [6.07, 6.45) is 6.46. The Balaban J connectivity index is 1.20. The lowest BCUT2D eigenvalue weighted by Gasteiger charge is -2.21. The highest BCUT2D eigenvalue weighted by atomic mass is 32.2. The number of anilines is 1. The fraction of sp³-hybridized carbons (Fsp3) is 0.550. The van der Waals surface area contributed by atoms with E-state index in [1.54, 1.807) is 0 Å². The summed E-state index contributed by atoms with van der Waals surface area (Å²) in [5.41, 5.74) is 0.721. The predicted molar refractivity (Wildman–Crippen MR) is 106 cm³/mol. The minimum atomic E-state index is -0.482. The fourth-order valence-corrected chi connectivity index (χ4v) is 4.77. The molecule has 1 N–H and O–H groups in total. The summed E-state index contributed by atoms with van der Waals surface area (Å²) >= 11 is 1.43. The highest BCUT2D eigenvalue weighted by molar-refractivity contribution is 7.99. The molecule has 2 aromatic rings. The number of carbonyl (C=O) groups excluding carboxylic acids is 1. The summed E-state index contributed by atoms with van der Waals surface area (Å²) in [5, 5.41) is 12.4. The lowest BCUT2D eigenvalue weighted by molar-refractivity contribution is -0.113. The van der Waals surface area contributed by atoms with Crippen LogP contribution < -0.4 is 14.8 Å². The molecule has 0 bridgehead atoms. The summed E-state index contributed by atoms with van der Waals surface area (Å²) in [6, 6.07) is 5.59. The minimum Gasteiger partial charge on any atom is -0.448 e. The van der Waals surface area contributed by atoms with Crippen LogP contribution in [-0.2, 0) is 11.3 Å². The van der Waals surface area contributed by atoms with Crippen LogP contribution >= 0.6 is 11.8 Å². The van der Waals surface area contributed by atoms with Crippen molar-refractivity contribution in [3.05, 3.63) is 24.0 Å². The zero-order chi connectivity index (χ0) is 19.1. The molecule has 1 aromatic heterocycles. The van der Waals surface area contributed by atoms with Gasteiger partial charge in [-0.25, -0.2) is 0 Å². The molecule has 5 rings (SSSR count). The van der Waals surface area contributed by atoms with E-state index in [2.05, 4.69) is 27.0 Å². The Morgan fingerprint density at radius 2 is 2.04 bits per heavy atom. The third kappa shape index (κ3) is 3.34. The number of ether oxygens (including phenoxy) is 2. The van der Waals surface area contributed by atoms with Crippen LogP contribution in [0.2, 0.25) is 0 Å². The van der Waals surface area contributed by atoms with Crippen molar-refractivity contribution in [1.82, 2.24) is 14.8 Å². The second kappa shape index (κ2) is 6.99. The predicted octanol–water partition coefficient (Wildman–Crippen LogP) is 3.95. The van der Waals surface area contributed by atoms with Crippen molar-refractivity contribution in [1.29, 1.82) is 0 Å². The van der Waals surface area contributed by atoms with Crippen LogP contribution in [0.1, 0.15) is 57.2 Å². The summed E-state index contributed by atoms with van der Waals surface area (Å²) < 4.78 is 14.2. The average molecular weight is 401 g/mol. The molecule has 2 saturated carbocycles. The van der Waals surface area contributed by atoms with Crippen molar-refractivity contribution in [3.8, 4) is 11.5 Å². The third-order valence-corrected chi connectivity index (χ3v) is 6.49. The van der Waals surface area contributed by atoms with Gasteiger partial charge in [-0.1, -0.05) is 11.8 Å². The van der Waals surface area contributed by atoms with Crippen LogP contribution in [0.25, 0.3) is 0 Å². The summed E-state index contributed by atoms with van der Waals surface area (Å²) in [5.74, 6) is 2.82. The molecule has 1 aliphatic heterocycles. The van der Waals surface area contributed by atoms with Gasteiger partial charge in [-0.05, 0) is 44.7 Å². The number of rotatable bonds is 6. The molecular formula is C20H24N4O3S. The quantitative estimate of drug-likeness (QED) is 0.740. The lowest BCUT2D eigenvalue weighted by atomic mass is 10.2. The van der Waals surface area contributed by atoms with E-state index in [0.29, 0.717) is 17.4 Å². The van der Waals surface area contributed by atoms with Gasteiger partial charge in [0.1, 0.15) is 5.82 Å². The van der Waals surface area contributed by atoms with Gasteiger partial charge in [0, 0.05) is 37.1 Å². The number of thioether (sulfide) groups is 1. The number of benzene rings is 1. The van der Waals surface area contributed by atoms with Crippen molar-refractivity contribution in [2.24, 2.45) is 0 Å². The Morgan fingerprint density at radius 3 is 2.79 bits per heavy atom. The van der Waals surface area contributed by atoms with Gasteiger partial charge in [0.05, 0.1) is 5.75 Å². The molecule has 1 aromatic carbocycles. The average Bonchev–Trinajstić information content (AvgIpc) is 3.14. The first-order valence-electron chi connectivity index (χ1n) is 10.0. The normalized spacial score (nSPS) is 19.3. The number of fused-ring (bicyclic) bond motifs is 1. The topological polar surface area (TPSA) is 78.3 Å². The van der Waals surface area contributed by atoms with E-state index in [0.717, 1.165) is 54.6 Å². The maximum absolute atomic E-state index is 12.4. The standard InChI is InChI=1S/C20H24N4O3S/c1-2-24-18(13-5-6-13)22-23-19(24)28-12-17(25)21-14-7-8-15-16(11-14)27-20(26-15)9-3-4-10-20/h7-8,11,13H,2-6,9-10,12H2,1H3,(H,21,25). The molecule has 8 heteroatoms. The molecule has 0 saturated heterocycles. The first-order chi connectivity index (χ1) is 13.7. The van der Waals surface area contributed by atoms with E-state index < -0.39 is 5.79 Å². The zero-order valence-electron chi connectivity index (χ0n) is 15.9. The van der Waals surface area contributed by atoms with E-state index in [-0.39, 0.29) is 5.91 Å². The number of hydrogen-bond acceptors (Lipinski definition) is 6. The SMILES string of the molecule is CCn1c(SCC(=O)Nc2ccc3c(c2)OC2(CCCC2)O3)nnc1C1CC1. The van der Waals surface area contributed by atoms with Gasteiger partial charge < -0.3 is 19.4 Å². The highest BCUT2D eigenvalue weighted by Crippen LogP contribution is 2.47. The number of carbonyl (C=O) groups is 1. The molecule has 2 aliphatic carbocycles. The number of nitrogens with one attached hydrogen (secondary N) is 1. The van der Waals surface area contributed by atoms with Crippen LogP contribution in [0, 0.1) is 0 Å². The summed E-state index contributed by atoms with van der Waals surface area (Å²) in [7, 11) is 0. The van der Waals surface area contributed by atoms with Gasteiger partial charge in [0.15, 0.2) is 16.7 Å². The molecule has 2 fully saturated rings. The van der Waals surface area contributed by atoms with Gasteiger partial charge in [-0.15, -0.1) is 10.2 Å². The number of aromatic nitrogens is 3. The number of nitrogens with zero attached hydrogens (tertiary/aromatic N) is 3.